The molecule has 182 valence electrons. The summed E-state index contributed by atoms with van der Waals surface area (Å²) in [6, 6.07) is 12.8. The van der Waals surface area contributed by atoms with Crippen LogP contribution in [0.2, 0.25) is 0 Å². The largest absolute Gasteiger partial charge is 0.493 e. The Balaban J connectivity index is 1.52. The van der Waals surface area contributed by atoms with Crippen LogP contribution in [0.25, 0.3) is 0 Å². The molecule has 8 heteroatoms. The van der Waals surface area contributed by atoms with Crippen molar-refractivity contribution in [1.82, 2.24) is 4.90 Å². The first-order chi connectivity index (χ1) is 16.5. The molecule has 0 aromatic heterocycles. The van der Waals surface area contributed by atoms with Gasteiger partial charge in [0, 0.05) is 25.9 Å². The highest BCUT2D eigenvalue weighted by atomic mass is 16.5. The predicted molar refractivity (Wildman–Crippen MR) is 125 cm³/mol. The quantitative estimate of drug-likeness (QED) is 0.390. The maximum absolute atomic E-state index is 12.6. The number of piperidine rings is 1. The minimum Gasteiger partial charge on any atom is -0.493 e. The summed E-state index contributed by atoms with van der Waals surface area (Å²) in [5.74, 6) is -0.252. The fourth-order valence-corrected chi connectivity index (χ4v) is 4.05. The molecule has 2 aromatic carbocycles. The lowest BCUT2D eigenvalue weighted by atomic mass is 9.97. The third-order valence-electron chi connectivity index (χ3n) is 5.85. The number of likely N-dealkylation sites (tertiary alicyclic amines) is 1. The summed E-state index contributed by atoms with van der Waals surface area (Å²) in [7, 11) is 4.62. The van der Waals surface area contributed by atoms with Gasteiger partial charge >= 0.3 is 5.97 Å². The maximum Gasteiger partial charge on any atom is 0.310 e. The van der Waals surface area contributed by atoms with E-state index >= 15 is 0 Å². The number of Topliss-reactive ketones (excluding diaryl/α,β-unsaturated/α-hetero) is 1. The van der Waals surface area contributed by atoms with E-state index in [4.69, 9.17) is 18.9 Å². The van der Waals surface area contributed by atoms with Crippen LogP contribution in [-0.2, 0) is 32.0 Å². The Morgan fingerprint density at radius 2 is 1.62 bits per heavy atom. The summed E-state index contributed by atoms with van der Waals surface area (Å²) in [6.07, 6.45) is 1.80. The van der Waals surface area contributed by atoms with Crippen molar-refractivity contribution in [2.45, 2.75) is 25.7 Å². The Labute approximate surface area is 199 Å². The molecule has 1 atom stereocenters. The molecular weight excluding hydrogens is 438 g/mol. The van der Waals surface area contributed by atoms with Crippen LogP contribution in [0, 0.1) is 5.92 Å². The van der Waals surface area contributed by atoms with Crippen LogP contribution in [-0.4, -0.2) is 63.6 Å². The fourth-order valence-electron chi connectivity index (χ4n) is 4.05. The number of hydrogen-bond acceptors (Lipinski definition) is 7. The number of carbonyl (C=O) groups excluding carboxylic acids is 3. The van der Waals surface area contributed by atoms with Gasteiger partial charge in [0.1, 0.15) is 0 Å². The number of nitrogens with zero attached hydrogens (tertiary/aromatic N) is 1. The van der Waals surface area contributed by atoms with E-state index in [1.165, 1.54) is 12.0 Å². The Bertz CT molecular complexity index is 980. The number of hydrogen-bond donors (Lipinski definition) is 0. The average Bonchev–Trinajstić information content (AvgIpc) is 2.88. The van der Waals surface area contributed by atoms with Crippen LogP contribution in [0.15, 0.2) is 42.5 Å². The number of ether oxygens (including phenoxy) is 4. The molecular formula is C26H31NO7. The van der Waals surface area contributed by atoms with E-state index in [0.29, 0.717) is 43.1 Å². The molecule has 1 heterocycles. The van der Waals surface area contributed by atoms with E-state index in [-0.39, 0.29) is 25.5 Å². The lowest BCUT2D eigenvalue weighted by molar-refractivity contribution is -0.153. The summed E-state index contributed by atoms with van der Waals surface area (Å²) in [5.41, 5.74) is 1.66. The van der Waals surface area contributed by atoms with Crippen molar-refractivity contribution in [3.05, 3.63) is 53.6 Å². The number of esters is 1. The van der Waals surface area contributed by atoms with Crippen LogP contribution in [0.1, 0.15) is 24.0 Å². The molecule has 1 fully saturated rings. The van der Waals surface area contributed by atoms with Gasteiger partial charge in [0.25, 0.3) is 5.91 Å². The fraction of sp³-hybridized carbons (Fsp3) is 0.423. The average molecular weight is 470 g/mol. The molecule has 0 bridgehead atoms. The number of methoxy groups -OCH3 is 3. The van der Waals surface area contributed by atoms with Crippen molar-refractivity contribution in [3.63, 3.8) is 0 Å². The van der Waals surface area contributed by atoms with Crippen LogP contribution < -0.4 is 14.2 Å². The second-order valence-corrected chi connectivity index (χ2v) is 8.13. The van der Waals surface area contributed by atoms with Crippen molar-refractivity contribution in [2.75, 3.05) is 41.0 Å². The smallest absolute Gasteiger partial charge is 0.310 e. The Kier molecular flexibility index (Phi) is 8.90. The molecule has 3 rings (SSSR count). The summed E-state index contributed by atoms with van der Waals surface area (Å²) in [5, 5.41) is 0. The summed E-state index contributed by atoms with van der Waals surface area (Å²) in [4.78, 5) is 39.2. The van der Waals surface area contributed by atoms with Crippen LogP contribution in [0.4, 0.5) is 0 Å². The SMILES string of the molecule is COc1cc(CCOC(=O)[C@@H]2CCCN(C(=O)C(=O)Cc3ccccc3)C2)cc(OC)c1OC. The first kappa shape index (κ1) is 25.1. The molecule has 34 heavy (non-hydrogen) atoms. The zero-order valence-electron chi connectivity index (χ0n) is 19.9. The number of ketones is 1. The first-order valence-electron chi connectivity index (χ1n) is 11.3. The normalized spacial score (nSPS) is 15.4. The molecule has 1 amide bonds. The Morgan fingerprint density at radius 1 is 0.941 bits per heavy atom. The minimum atomic E-state index is -0.543. The summed E-state index contributed by atoms with van der Waals surface area (Å²) in [6.45, 7) is 0.839. The highest BCUT2D eigenvalue weighted by Gasteiger charge is 2.32. The van der Waals surface area contributed by atoms with Gasteiger partial charge in [-0.05, 0) is 36.1 Å². The van der Waals surface area contributed by atoms with Gasteiger partial charge in [0.15, 0.2) is 11.5 Å². The van der Waals surface area contributed by atoms with E-state index < -0.39 is 17.6 Å². The lowest BCUT2D eigenvalue weighted by Gasteiger charge is -2.31. The molecule has 0 N–H and O–H groups in total. The lowest BCUT2D eigenvalue weighted by Crippen LogP contribution is -2.46. The third kappa shape index (κ3) is 6.27. The Morgan fingerprint density at radius 3 is 2.24 bits per heavy atom. The second-order valence-electron chi connectivity index (χ2n) is 8.13. The van der Waals surface area contributed by atoms with E-state index in [1.807, 2.05) is 42.5 Å². The zero-order valence-corrected chi connectivity index (χ0v) is 19.9. The zero-order chi connectivity index (χ0) is 24.5. The van der Waals surface area contributed by atoms with Crippen molar-refractivity contribution < 1.29 is 33.3 Å². The predicted octanol–water partition coefficient (Wildman–Crippen LogP) is 2.85. The number of carbonyl (C=O) groups is 3. The molecule has 2 aromatic rings. The van der Waals surface area contributed by atoms with Crippen molar-refractivity contribution in [3.8, 4) is 17.2 Å². The number of rotatable bonds is 10. The molecule has 0 saturated carbocycles. The van der Waals surface area contributed by atoms with Crippen molar-refractivity contribution in [1.29, 1.82) is 0 Å². The first-order valence-corrected chi connectivity index (χ1v) is 11.3. The summed E-state index contributed by atoms with van der Waals surface area (Å²) < 4.78 is 21.5. The van der Waals surface area contributed by atoms with Gasteiger partial charge in [-0.3, -0.25) is 14.4 Å². The van der Waals surface area contributed by atoms with Gasteiger partial charge in [-0.1, -0.05) is 30.3 Å². The molecule has 0 aliphatic carbocycles. The maximum atomic E-state index is 12.6. The number of benzene rings is 2. The standard InChI is InChI=1S/C26H31NO7/c1-31-22-15-19(16-23(32-2)24(22)33-3)11-13-34-26(30)20-10-7-12-27(17-20)25(29)21(28)14-18-8-5-4-6-9-18/h4-6,8-9,15-16,20H,7,10-14,17H2,1-3H3/t20-/m1/s1. The van der Waals surface area contributed by atoms with Gasteiger partial charge in [-0.25, -0.2) is 0 Å². The molecule has 0 unspecified atom stereocenters. The monoisotopic (exact) mass is 469 g/mol. The molecule has 1 aliphatic rings. The molecule has 1 aliphatic heterocycles. The van der Waals surface area contributed by atoms with Gasteiger partial charge < -0.3 is 23.8 Å². The van der Waals surface area contributed by atoms with E-state index in [1.54, 1.807) is 14.2 Å². The van der Waals surface area contributed by atoms with E-state index in [9.17, 15) is 14.4 Å². The molecule has 0 radical (unpaired) electrons. The highest BCUT2D eigenvalue weighted by molar-refractivity contribution is 6.36. The topological polar surface area (TPSA) is 91.4 Å². The Hall–Kier alpha value is -3.55. The van der Waals surface area contributed by atoms with E-state index in [2.05, 4.69) is 0 Å². The van der Waals surface area contributed by atoms with Crippen LogP contribution in [0.3, 0.4) is 0 Å². The third-order valence-corrected chi connectivity index (χ3v) is 5.85. The summed E-state index contributed by atoms with van der Waals surface area (Å²) >= 11 is 0. The van der Waals surface area contributed by atoms with Crippen LogP contribution in [0.5, 0.6) is 17.2 Å². The van der Waals surface area contributed by atoms with Crippen molar-refractivity contribution >= 4 is 17.7 Å². The van der Waals surface area contributed by atoms with Gasteiger partial charge in [0.05, 0.1) is 33.9 Å². The van der Waals surface area contributed by atoms with Gasteiger partial charge in [-0.2, -0.15) is 0 Å². The van der Waals surface area contributed by atoms with Crippen molar-refractivity contribution in [2.24, 2.45) is 5.92 Å². The minimum absolute atomic E-state index is 0.0556. The molecule has 0 spiro atoms. The highest BCUT2D eigenvalue weighted by Crippen LogP contribution is 2.38. The van der Waals surface area contributed by atoms with Gasteiger partial charge in [-0.15, -0.1) is 0 Å². The van der Waals surface area contributed by atoms with E-state index in [0.717, 1.165) is 11.1 Å². The number of amides is 1. The van der Waals surface area contributed by atoms with Crippen LogP contribution >= 0.6 is 0 Å². The van der Waals surface area contributed by atoms with Gasteiger partial charge in [0.2, 0.25) is 11.5 Å². The second kappa shape index (κ2) is 12.1. The molecule has 8 nitrogen and oxygen atoms in total. The molecule has 1 saturated heterocycles.